The van der Waals surface area contributed by atoms with Crippen molar-refractivity contribution in [2.45, 2.75) is 27.2 Å². The number of pyridine rings is 2. The SMILES string of the molecule is C=CCNc1ncc(Br)cc1Br.CC(=O)O.CC(=O)O.CC1=CCc2ncc(Br)cc21.[Pd]. The molecule has 11 heteroatoms. The molecule has 0 amide bonds. The van der Waals surface area contributed by atoms with Crippen LogP contribution in [0.15, 0.2) is 56.7 Å². The van der Waals surface area contributed by atoms with Gasteiger partial charge in [-0.1, -0.05) is 12.2 Å². The first-order valence-electron chi connectivity index (χ1n) is 8.84. The van der Waals surface area contributed by atoms with E-state index < -0.39 is 11.9 Å². The molecule has 0 spiro atoms. The van der Waals surface area contributed by atoms with Crippen molar-refractivity contribution in [3.05, 3.63) is 67.9 Å². The van der Waals surface area contributed by atoms with Crippen molar-refractivity contribution in [3.8, 4) is 0 Å². The van der Waals surface area contributed by atoms with Gasteiger partial charge in [0, 0.05) is 74.1 Å². The van der Waals surface area contributed by atoms with E-state index in [2.05, 4.69) is 88.7 Å². The molecule has 0 saturated heterocycles. The van der Waals surface area contributed by atoms with Crippen LogP contribution in [-0.4, -0.2) is 38.7 Å². The Hall–Kier alpha value is -1.38. The van der Waals surface area contributed by atoms with E-state index in [4.69, 9.17) is 19.8 Å². The molecule has 3 rings (SSSR count). The van der Waals surface area contributed by atoms with E-state index in [1.54, 1.807) is 12.3 Å². The molecule has 0 unspecified atom stereocenters. The van der Waals surface area contributed by atoms with E-state index in [1.807, 2.05) is 12.3 Å². The Morgan fingerprint density at radius 1 is 1.09 bits per heavy atom. The van der Waals surface area contributed by atoms with E-state index in [0.29, 0.717) is 6.54 Å². The van der Waals surface area contributed by atoms with Crippen LogP contribution in [-0.2, 0) is 36.4 Å². The number of halogens is 3. The summed E-state index contributed by atoms with van der Waals surface area (Å²) in [6.07, 6.45) is 8.59. The van der Waals surface area contributed by atoms with Gasteiger partial charge in [0.15, 0.2) is 0 Å². The number of fused-ring (bicyclic) bond motifs is 1. The number of carbonyl (C=O) groups is 2. The smallest absolute Gasteiger partial charge is 0.300 e. The Morgan fingerprint density at radius 2 is 1.59 bits per heavy atom. The first-order valence-corrected chi connectivity index (χ1v) is 11.2. The number of nitrogens with one attached hydrogen (secondary N) is 1. The second-order valence-electron chi connectivity index (χ2n) is 5.93. The van der Waals surface area contributed by atoms with Crippen molar-refractivity contribution < 1.29 is 40.2 Å². The number of hydrogen-bond acceptors (Lipinski definition) is 5. The van der Waals surface area contributed by atoms with Gasteiger partial charge in [-0.25, -0.2) is 4.98 Å². The van der Waals surface area contributed by atoms with Gasteiger partial charge in [0.25, 0.3) is 11.9 Å². The molecule has 3 N–H and O–H groups in total. The summed E-state index contributed by atoms with van der Waals surface area (Å²) in [5.74, 6) is -0.835. The molecule has 1 aliphatic rings. The van der Waals surface area contributed by atoms with Crippen molar-refractivity contribution in [3.63, 3.8) is 0 Å². The molecule has 2 aromatic rings. The first-order chi connectivity index (χ1) is 14.5. The molecule has 0 saturated carbocycles. The minimum absolute atomic E-state index is 0. The van der Waals surface area contributed by atoms with Gasteiger partial charge >= 0.3 is 0 Å². The minimum atomic E-state index is -0.833. The van der Waals surface area contributed by atoms with Crippen LogP contribution in [0.3, 0.4) is 0 Å². The van der Waals surface area contributed by atoms with E-state index in [-0.39, 0.29) is 20.4 Å². The molecule has 178 valence electrons. The summed E-state index contributed by atoms with van der Waals surface area (Å²) in [5.41, 5.74) is 3.83. The largest absolute Gasteiger partial charge is 0.481 e. The summed E-state index contributed by atoms with van der Waals surface area (Å²) in [6, 6.07) is 4.07. The summed E-state index contributed by atoms with van der Waals surface area (Å²) in [4.78, 5) is 26.5. The molecule has 32 heavy (non-hydrogen) atoms. The van der Waals surface area contributed by atoms with Crippen LogP contribution in [0.2, 0.25) is 0 Å². The summed E-state index contributed by atoms with van der Waals surface area (Å²) < 4.78 is 2.96. The van der Waals surface area contributed by atoms with Crippen LogP contribution in [0.5, 0.6) is 0 Å². The molecule has 2 heterocycles. The van der Waals surface area contributed by atoms with Gasteiger partial charge in [0.05, 0.1) is 10.2 Å². The van der Waals surface area contributed by atoms with Crippen molar-refractivity contribution in [2.24, 2.45) is 0 Å². The Bertz CT molecular complexity index is 921. The zero-order chi connectivity index (χ0) is 24.0. The zero-order valence-electron chi connectivity index (χ0n) is 17.6. The average molecular weight is 729 g/mol. The fraction of sp³-hybridized carbons (Fsp3) is 0.238. The maximum absolute atomic E-state index is 9.00. The standard InChI is InChI=1S/C9H8BrN.C8H8Br2N2.2C2H4O2.Pd/c1-6-2-3-9-8(6)4-7(10)5-11-9;1-2-3-11-8-7(10)4-6(9)5-12-8;2*1-2(3)4;/h2,4-5H,3H2,1H3;2,4-5H,1,3H2,(H,11,12);2*1H3,(H,3,4);. The van der Waals surface area contributed by atoms with Crippen LogP contribution >= 0.6 is 47.8 Å². The fourth-order valence-corrected chi connectivity index (χ4v) is 3.50. The van der Waals surface area contributed by atoms with Crippen LogP contribution in [0.25, 0.3) is 5.57 Å². The third-order valence-electron chi connectivity index (χ3n) is 3.18. The number of hydrogen-bond donors (Lipinski definition) is 3. The summed E-state index contributed by atoms with van der Waals surface area (Å²) >= 11 is 10.1. The Labute approximate surface area is 226 Å². The van der Waals surface area contributed by atoms with E-state index >= 15 is 0 Å². The molecule has 0 aromatic carbocycles. The molecular formula is C21H24Br3N3O4Pd. The third kappa shape index (κ3) is 15.4. The van der Waals surface area contributed by atoms with Gasteiger partial charge in [-0.3, -0.25) is 14.6 Å². The summed E-state index contributed by atoms with van der Waals surface area (Å²) in [7, 11) is 0. The average Bonchev–Trinajstić information content (AvgIpc) is 3.01. The normalized spacial score (nSPS) is 10.1. The third-order valence-corrected chi connectivity index (χ3v) is 4.66. The van der Waals surface area contributed by atoms with Gasteiger partial charge in [0.2, 0.25) is 0 Å². The number of carboxylic acids is 2. The van der Waals surface area contributed by atoms with Gasteiger partial charge in [-0.2, -0.15) is 0 Å². The maximum Gasteiger partial charge on any atom is 0.300 e. The second-order valence-corrected chi connectivity index (χ2v) is 8.62. The van der Waals surface area contributed by atoms with Crippen molar-refractivity contribution in [1.29, 1.82) is 0 Å². The van der Waals surface area contributed by atoms with Crippen LogP contribution in [0.4, 0.5) is 5.82 Å². The monoisotopic (exact) mass is 725 g/mol. The number of rotatable bonds is 3. The molecule has 0 radical (unpaired) electrons. The minimum Gasteiger partial charge on any atom is -0.481 e. The topological polar surface area (TPSA) is 112 Å². The van der Waals surface area contributed by atoms with E-state index in [1.165, 1.54) is 16.8 Å². The summed E-state index contributed by atoms with van der Waals surface area (Å²) in [6.45, 7) is 8.62. The van der Waals surface area contributed by atoms with Crippen molar-refractivity contribution in [1.82, 2.24) is 9.97 Å². The zero-order valence-corrected chi connectivity index (χ0v) is 24.0. The van der Waals surface area contributed by atoms with Crippen LogP contribution in [0, 0.1) is 0 Å². The van der Waals surface area contributed by atoms with Crippen molar-refractivity contribution in [2.75, 3.05) is 11.9 Å². The van der Waals surface area contributed by atoms with Gasteiger partial charge in [-0.05, 0) is 72.4 Å². The molecule has 0 aliphatic heterocycles. The number of carboxylic acid groups (broad SMARTS) is 2. The van der Waals surface area contributed by atoms with E-state index in [9.17, 15) is 0 Å². The van der Waals surface area contributed by atoms with Gasteiger partial charge < -0.3 is 15.5 Å². The molecule has 2 aromatic heterocycles. The predicted molar refractivity (Wildman–Crippen MR) is 134 cm³/mol. The van der Waals surface area contributed by atoms with Gasteiger partial charge in [0.1, 0.15) is 5.82 Å². The Kier molecular flexibility index (Phi) is 18.5. The number of allylic oxidation sites excluding steroid dienone is 2. The van der Waals surface area contributed by atoms with Gasteiger partial charge in [-0.15, -0.1) is 6.58 Å². The number of nitrogens with zero attached hydrogens (tertiary/aromatic N) is 2. The predicted octanol–water partition coefficient (Wildman–Crippen LogP) is 6.19. The second kappa shape index (κ2) is 18.1. The number of aromatic nitrogens is 2. The molecule has 1 aliphatic carbocycles. The molecule has 0 fully saturated rings. The maximum atomic E-state index is 9.00. The van der Waals surface area contributed by atoms with E-state index in [0.717, 1.165) is 39.5 Å². The van der Waals surface area contributed by atoms with Crippen molar-refractivity contribution >= 4 is 71.1 Å². The van der Waals surface area contributed by atoms with Crippen LogP contribution < -0.4 is 5.32 Å². The first kappa shape index (κ1) is 32.8. The quantitative estimate of drug-likeness (QED) is 0.256. The number of anilines is 1. The number of aliphatic carboxylic acids is 2. The molecule has 0 atom stereocenters. The molecular weight excluding hydrogens is 704 g/mol. The summed E-state index contributed by atoms with van der Waals surface area (Å²) in [5, 5.41) is 17.9. The molecule has 7 nitrogen and oxygen atoms in total. The van der Waals surface area contributed by atoms with Crippen LogP contribution in [0.1, 0.15) is 32.0 Å². The molecule has 0 bridgehead atoms. The fourth-order valence-electron chi connectivity index (χ4n) is 2.04. The Balaban J connectivity index is 0. The Morgan fingerprint density at radius 3 is 2.09 bits per heavy atom.